The molecule has 1 aromatic carbocycles. The Labute approximate surface area is 127 Å². The molecule has 0 spiro atoms. The summed E-state index contributed by atoms with van der Waals surface area (Å²) < 4.78 is 1.72. The molecule has 0 N–H and O–H groups in total. The molecule has 0 amide bonds. The Kier molecular flexibility index (Phi) is 4.54. The summed E-state index contributed by atoms with van der Waals surface area (Å²) in [6.07, 6.45) is 1.91. The lowest BCUT2D eigenvalue weighted by Gasteiger charge is -2.04. The van der Waals surface area contributed by atoms with Crippen molar-refractivity contribution in [2.24, 2.45) is 0 Å². The number of benzene rings is 1. The summed E-state index contributed by atoms with van der Waals surface area (Å²) in [4.78, 5) is 16.3. The molecule has 5 heteroatoms. The molecule has 2 nitrogen and oxygen atoms in total. The molecule has 0 radical (unpaired) electrons. The molecule has 2 aromatic rings. The van der Waals surface area contributed by atoms with Crippen molar-refractivity contribution in [3.05, 3.63) is 61.8 Å². The zero-order valence-corrected chi connectivity index (χ0v) is 13.1. The molecular formula is C13H8Br2ClNO. The van der Waals surface area contributed by atoms with E-state index in [4.69, 9.17) is 11.6 Å². The number of aromatic nitrogens is 1. The Morgan fingerprint density at radius 3 is 2.56 bits per heavy atom. The zero-order chi connectivity index (χ0) is 13.1. The van der Waals surface area contributed by atoms with Gasteiger partial charge in [-0.25, -0.2) is 0 Å². The second-order valence-electron chi connectivity index (χ2n) is 3.69. The van der Waals surface area contributed by atoms with E-state index < -0.39 is 0 Å². The first-order valence-corrected chi connectivity index (χ1v) is 7.11. The van der Waals surface area contributed by atoms with E-state index in [0.29, 0.717) is 10.6 Å². The number of pyridine rings is 1. The smallest absolute Gasteiger partial charge is 0.170 e. The molecular weight excluding hydrogens is 381 g/mol. The standard InChI is InChI=1S/C13H8Br2ClNO/c14-8-2-4-12(16)11(5-8)13(18)6-10-3-1-9(15)7-17-10/h1-5,7H,6H2. The summed E-state index contributed by atoms with van der Waals surface area (Å²) in [6, 6.07) is 8.90. The molecule has 0 aliphatic rings. The molecule has 92 valence electrons. The quantitative estimate of drug-likeness (QED) is 0.713. The third-order valence-corrected chi connectivity index (χ3v) is 3.65. The van der Waals surface area contributed by atoms with E-state index in [-0.39, 0.29) is 12.2 Å². The van der Waals surface area contributed by atoms with Crippen LogP contribution in [-0.4, -0.2) is 10.8 Å². The van der Waals surface area contributed by atoms with Crippen LogP contribution in [0.3, 0.4) is 0 Å². The van der Waals surface area contributed by atoms with Crippen LogP contribution in [-0.2, 0) is 6.42 Å². The molecule has 0 saturated carbocycles. The zero-order valence-electron chi connectivity index (χ0n) is 9.16. The molecule has 0 fully saturated rings. The maximum atomic E-state index is 12.1. The minimum absolute atomic E-state index is 0.0453. The molecule has 0 aliphatic heterocycles. The van der Waals surface area contributed by atoms with Gasteiger partial charge in [-0.15, -0.1) is 0 Å². The van der Waals surface area contributed by atoms with Gasteiger partial charge in [0.25, 0.3) is 0 Å². The Balaban J connectivity index is 2.21. The van der Waals surface area contributed by atoms with E-state index in [1.54, 1.807) is 24.4 Å². The van der Waals surface area contributed by atoms with E-state index in [1.807, 2.05) is 12.1 Å². The largest absolute Gasteiger partial charge is 0.294 e. The topological polar surface area (TPSA) is 30.0 Å². The number of hydrogen-bond donors (Lipinski definition) is 0. The fraction of sp³-hybridized carbons (Fsp3) is 0.0769. The van der Waals surface area contributed by atoms with Crippen molar-refractivity contribution in [1.82, 2.24) is 4.98 Å². The second kappa shape index (κ2) is 5.95. The summed E-state index contributed by atoms with van der Waals surface area (Å²) in [6.45, 7) is 0. The van der Waals surface area contributed by atoms with Crippen molar-refractivity contribution < 1.29 is 4.79 Å². The third kappa shape index (κ3) is 3.40. The van der Waals surface area contributed by atoms with Gasteiger partial charge < -0.3 is 0 Å². The van der Waals surface area contributed by atoms with Crippen LogP contribution in [0.15, 0.2) is 45.5 Å². The minimum atomic E-state index is -0.0453. The highest BCUT2D eigenvalue weighted by Crippen LogP contribution is 2.22. The molecule has 0 atom stereocenters. The maximum absolute atomic E-state index is 12.1. The Morgan fingerprint density at radius 1 is 1.17 bits per heavy atom. The Morgan fingerprint density at radius 2 is 1.89 bits per heavy atom. The Bertz CT molecular complexity index is 584. The summed E-state index contributed by atoms with van der Waals surface area (Å²) >= 11 is 12.6. The van der Waals surface area contributed by atoms with E-state index in [1.165, 1.54) is 0 Å². The van der Waals surface area contributed by atoms with Gasteiger partial charge in [0.1, 0.15) is 0 Å². The number of Topliss-reactive ketones (excluding diaryl/α,β-unsaturated/α-hetero) is 1. The lowest BCUT2D eigenvalue weighted by atomic mass is 10.1. The van der Waals surface area contributed by atoms with Crippen molar-refractivity contribution >= 4 is 49.2 Å². The van der Waals surface area contributed by atoms with Crippen LogP contribution >= 0.6 is 43.5 Å². The molecule has 0 unspecified atom stereocenters. The highest BCUT2D eigenvalue weighted by atomic mass is 79.9. The number of ketones is 1. The van der Waals surface area contributed by atoms with Crippen LogP contribution in [0.1, 0.15) is 16.1 Å². The minimum Gasteiger partial charge on any atom is -0.294 e. The van der Waals surface area contributed by atoms with E-state index in [9.17, 15) is 4.79 Å². The fourth-order valence-corrected chi connectivity index (χ4v) is 2.30. The van der Waals surface area contributed by atoms with Crippen molar-refractivity contribution in [1.29, 1.82) is 0 Å². The first-order valence-electron chi connectivity index (χ1n) is 5.15. The highest BCUT2D eigenvalue weighted by molar-refractivity contribution is 9.10. The lowest BCUT2D eigenvalue weighted by molar-refractivity contribution is 0.0992. The number of halogens is 3. The van der Waals surface area contributed by atoms with Crippen molar-refractivity contribution in [3.63, 3.8) is 0 Å². The van der Waals surface area contributed by atoms with Crippen molar-refractivity contribution in [3.8, 4) is 0 Å². The summed E-state index contributed by atoms with van der Waals surface area (Å²) in [5.41, 5.74) is 1.23. The number of nitrogens with zero attached hydrogens (tertiary/aromatic N) is 1. The molecule has 0 aliphatic carbocycles. The summed E-state index contributed by atoms with van der Waals surface area (Å²) in [5.74, 6) is -0.0453. The van der Waals surface area contributed by atoms with Crippen molar-refractivity contribution in [2.45, 2.75) is 6.42 Å². The van der Waals surface area contributed by atoms with Gasteiger partial charge in [-0.1, -0.05) is 27.5 Å². The monoisotopic (exact) mass is 387 g/mol. The first kappa shape index (κ1) is 13.7. The summed E-state index contributed by atoms with van der Waals surface area (Å²) in [5, 5.41) is 0.459. The Hall–Kier alpha value is -0.710. The predicted molar refractivity (Wildman–Crippen MR) is 79.1 cm³/mol. The average Bonchev–Trinajstić information content (AvgIpc) is 2.35. The number of rotatable bonds is 3. The third-order valence-electron chi connectivity index (χ3n) is 2.36. The molecule has 0 bridgehead atoms. The summed E-state index contributed by atoms with van der Waals surface area (Å²) in [7, 11) is 0. The van der Waals surface area contributed by atoms with Crippen LogP contribution in [0, 0.1) is 0 Å². The molecule has 0 saturated heterocycles. The SMILES string of the molecule is O=C(Cc1ccc(Br)cn1)c1cc(Br)ccc1Cl. The van der Waals surface area contributed by atoms with Crippen molar-refractivity contribution in [2.75, 3.05) is 0 Å². The average molecular weight is 389 g/mol. The van der Waals surface area contributed by atoms with Crippen LogP contribution < -0.4 is 0 Å². The normalized spacial score (nSPS) is 10.4. The van der Waals surface area contributed by atoms with Crippen LogP contribution in [0.5, 0.6) is 0 Å². The van der Waals surface area contributed by atoms with Gasteiger partial charge in [-0.2, -0.15) is 0 Å². The molecule has 18 heavy (non-hydrogen) atoms. The second-order valence-corrected chi connectivity index (χ2v) is 5.93. The van der Waals surface area contributed by atoms with Gasteiger partial charge in [-0.3, -0.25) is 9.78 Å². The van der Waals surface area contributed by atoms with Crippen LogP contribution in [0.4, 0.5) is 0 Å². The molecule has 1 heterocycles. The van der Waals surface area contributed by atoms with Gasteiger partial charge in [0, 0.05) is 26.4 Å². The van der Waals surface area contributed by atoms with E-state index >= 15 is 0 Å². The molecule has 2 rings (SSSR count). The predicted octanol–water partition coefficient (Wildman–Crippen LogP) is 4.69. The van der Waals surface area contributed by atoms with Gasteiger partial charge in [0.2, 0.25) is 0 Å². The number of hydrogen-bond acceptors (Lipinski definition) is 2. The number of carbonyl (C=O) groups is 1. The molecule has 1 aromatic heterocycles. The van der Waals surface area contributed by atoms with E-state index in [2.05, 4.69) is 36.8 Å². The van der Waals surface area contributed by atoms with Gasteiger partial charge in [0.05, 0.1) is 11.4 Å². The van der Waals surface area contributed by atoms with Gasteiger partial charge in [-0.05, 0) is 46.3 Å². The number of carbonyl (C=O) groups excluding carboxylic acids is 1. The van der Waals surface area contributed by atoms with Crippen LogP contribution in [0.2, 0.25) is 5.02 Å². The fourth-order valence-electron chi connectivity index (χ4n) is 1.48. The highest BCUT2D eigenvalue weighted by Gasteiger charge is 2.12. The van der Waals surface area contributed by atoms with E-state index in [0.717, 1.165) is 14.6 Å². The van der Waals surface area contributed by atoms with Gasteiger partial charge >= 0.3 is 0 Å². The first-order chi connectivity index (χ1) is 8.56. The maximum Gasteiger partial charge on any atom is 0.170 e. The lowest BCUT2D eigenvalue weighted by Crippen LogP contribution is -2.05. The van der Waals surface area contributed by atoms with Crippen LogP contribution in [0.25, 0.3) is 0 Å². The van der Waals surface area contributed by atoms with Gasteiger partial charge in [0.15, 0.2) is 5.78 Å².